The number of amides is 2. The molecule has 0 unspecified atom stereocenters. The van der Waals surface area contributed by atoms with E-state index in [0.717, 1.165) is 12.8 Å². The van der Waals surface area contributed by atoms with Gasteiger partial charge in [0.25, 0.3) is 5.91 Å². The summed E-state index contributed by atoms with van der Waals surface area (Å²) in [4.78, 5) is 26.6. The second-order valence-corrected chi connectivity index (χ2v) is 9.71. The number of ether oxygens (including phenoxy) is 1. The van der Waals surface area contributed by atoms with Crippen molar-refractivity contribution in [3.05, 3.63) is 41.2 Å². The number of halogens is 1. The Bertz CT molecular complexity index is 1090. The van der Waals surface area contributed by atoms with E-state index in [2.05, 4.69) is 5.32 Å². The number of aromatic nitrogens is 1. The molecule has 1 aromatic carbocycles. The summed E-state index contributed by atoms with van der Waals surface area (Å²) in [5, 5.41) is 3.10. The molecule has 1 N–H and O–H groups in total. The number of carbonyl (C=O) groups excluding carboxylic acids is 2. The van der Waals surface area contributed by atoms with Crippen molar-refractivity contribution in [2.75, 3.05) is 39.1 Å². The van der Waals surface area contributed by atoms with Crippen LogP contribution in [0.4, 0.5) is 5.69 Å². The van der Waals surface area contributed by atoms with Gasteiger partial charge in [-0.2, -0.15) is 4.31 Å². The lowest BCUT2D eigenvalue weighted by atomic mass is 10.3. The molecule has 11 heteroatoms. The lowest BCUT2D eigenvalue weighted by molar-refractivity contribution is -0.116. The molecule has 2 aromatic rings. The van der Waals surface area contributed by atoms with E-state index in [0.29, 0.717) is 29.5 Å². The number of aryl methyl sites for hydroxylation is 1. The number of carbonyl (C=O) groups is 2. The van der Waals surface area contributed by atoms with E-state index in [9.17, 15) is 18.0 Å². The fourth-order valence-electron chi connectivity index (χ4n) is 3.42. The molecule has 31 heavy (non-hydrogen) atoms. The molecule has 2 heterocycles. The molecule has 1 aliphatic heterocycles. The molecular weight excluding hydrogens is 444 g/mol. The van der Waals surface area contributed by atoms with Crippen molar-refractivity contribution in [3.8, 4) is 5.75 Å². The van der Waals surface area contributed by atoms with Crippen LogP contribution in [-0.4, -0.2) is 67.8 Å². The molecule has 0 spiro atoms. The number of hydrogen-bond donors (Lipinski definition) is 1. The minimum Gasteiger partial charge on any atom is -0.495 e. The zero-order valence-corrected chi connectivity index (χ0v) is 19.2. The van der Waals surface area contributed by atoms with E-state index in [1.807, 2.05) is 0 Å². The predicted octanol–water partition coefficient (Wildman–Crippen LogP) is 2.18. The monoisotopic (exact) mass is 468 g/mol. The number of rotatable bonds is 7. The van der Waals surface area contributed by atoms with Crippen molar-refractivity contribution in [1.29, 1.82) is 0 Å². The Morgan fingerprint density at radius 2 is 1.90 bits per heavy atom. The molecule has 1 aromatic heterocycles. The van der Waals surface area contributed by atoms with Gasteiger partial charge >= 0.3 is 0 Å². The van der Waals surface area contributed by atoms with Gasteiger partial charge in [0, 0.05) is 38.4 Å². The summed E-state index contributed by atoms with van der Waals surface area (Å²) in [5.41, 5.74) is 0.562. The summed E-state index contributed by atoms with van der Waals surface area (Å²) in [7, 11) is 0.900. The van der Waals surface area contributed by atoms with Gasteiger partial charge in [-0.05, 0) is 37.1 Å². The minimum absolute atomic E-state index is 0.0711. The van der Waals surface area contributed by atoms with Crippen LogP contribution < -0.4 is 10.1 Å². The number of anilines is 1. The van der Waals surface area contributed by atoms with Crippen LogP contribution in [0.3, 0.4) is 0 Å². The summed E-state index contributed by atoms with van der Waals surface area (Å²) in [5.74, 6) is -0.486. The van der Waals surface area contributed by atoms with E-state index in [-0.39, 0.29) is 17.1 Å². The molecule has 9 nitrogen and oxygen atoms in total. The predicted molar refractivity (Wildman–Crippen MR) is 117 cm³/mol. The maximum Gasteiger partial charge on any atom is 0.270 e. The molecule has 0 aliphatic carbocycles. The highest BCUT2D eigenvalue weighted by molar-refractivity contribution is 7.89. The third-order valence-electron chi connectivity index (χ3n) is 5.06. The lowest BCUT2D eigenvalue weighted by Gasteiger charge is -2.18. The maximum absolute atomic E-state index is 12.9. The number of sulfonamides is 1. The first-order chi connectivity index (χ1) is 14.6. The van der Waals surface area contributed by atoms with Crippen LogP contribution in [-0.2, 0) is 21.9 Å². The van der Waals surface area contributed by atoms with Crippen molar-refractivity contribution in [1.82, 2.24) is 13.8 Å². The Balaban J connectivity index is 1.71. The molecule has 1 saturated heterocycles. The fraction of sp³-hybridized carbons (Fsp3) is 0.400. The minimum atomic E-state index is -3.64. The van der Waals surface area contributed by atoms with Gasteiger partial charge in [-0.3, -0.25) is 9.59 Å². The van der Waals surface area contributed by atoms with Crippen LogP contribution in [0.5, 0.6) is 5.75 Å². The molecule has 1 fully saturated rings. The SMILES string of the molecule is COc1ccc(Cl)cc1NC(=O)CN(C)C(=O)c1cc(S(=O)(=O)N2CCCC2)cn1C. The van der Waals surface area contributed by atoms with Crippen molar-refractivity contribution in [2.45, 2.75) is 17.7 Å². The van der Waals surface area contributed by atoms with E-state index >= 15 is 0 Å². The number of nitrogens with zero attached hydrogens (tertiary/aromatic N) is 3. The van der Waals surface area contributed by atoms with Crippen molar-refractivity contribution in [2.24, 2.45) is 7.05 Å². The van der Waals surface area contributed by atoms with E-state index in [4.69, 9.17) is 16.3 Å². The largest absolute Gasteiger partial charge is 0.495 e. The van der Waals surface area contributed by atoms with Crippen molar-refractivity contribution >= 4 is 39.1 Å². The maximum atomic E-state index is 12.9. The molecular formula is C20H25ClN4O5S. The standard InChI is InChI=1S/C20H25ClN4O5S/c1-23-12-15(31(28,29)25-8-4-5-9-25)11-17(23)20(27)24(2)13-19(26)22-16-10-14(21)6-7-18(16)30-3/h6-7,10-12H,4-5,8-9,13H2,1-3H3,(H,22,26). The molecule has 168 valence electrons. The van der Waals surface area contributed by atoms with Crippen molar-refractivity contribution in [3.63, 3.8) is 0 Å². The van der Waals surface area contributed by atoms with Crippen LogP contribution in [0.25, 0.3) is 0 Å². The van der Waals surface area contributed by atoms with Gasteiger partial charge < -0.3 is 19.5 Å². The summed E-state index contributed by atoms with van der Waals surface area (Å²) >= 11 is 5.97. The summed E-state index contributed by atoms with van der Waals surface area (Å²) in [6, 6.07) is 6.16. The van der Waals surface area contributed by atoms with Gasteiger partial charge in [0.1, 0.15) is 16.3 Å². The Labute approximate surface area is 186 Å². The fourth-order valence-corrected chi connectivity index (χ4v) is 5.18. The van der Waals surface area contributed by atoms with Gasteiger partial charge in [-0.25, -0.2) is 8.42 Å². The first kappa shape index (κ1) is 23.1. The highest BCUT2D eigenvalue weighted by Crippen LogP contribution is 2.27. The number of likely N-dealkylation sites (N-methyl/N-ethyl adjacent to an activating group) is 1. The van der Waals surface area contributed by atoms with Crippen LogP contribution >= 0.6 is 11.6 Å². The molecule has 1 aliphatic rings. The first-order valence-electron chi connectivity index (χ1n) is 9.69. The average Bonchev–Trinajstić information content (AvgIpc) is 3.38. The van der Waals surface area contributed by atoms with Gasteiger partial charge in [-0.15, -0.1) is 0 Å². The highest BCUT2D eigenvalue weighted by Gasteiger charge is 2.30. The zero-order chi connectivity index (χ0) is 22.8. The number of hydrogen-bond acceptors (Lipinski definition) is 5. The normalized spacial score (nSPS) is 14.5. The third-order valence-corrected chi connectivity index (χ3v) is 7.16. The number of methoxy groups -OCH3 is 1. The smallest absolute Gasteiger partial charge is 0.270 e. The topological polar surface area (TPSA) is 101 Å². The molecule has 3 rings (SSSR count). The van der Waals surface area contributed by atoms with Gasteiger partial charge in [0.15, 0.2) is 0 Å². The van der Waals surface area contributed by atoms with E-state index in [1.54, 1.807) is 25.2 Å². The number of benzene rings is 1. The van der Waals surface area contributed by atoms with E-state index < -0.39 is 21.8 Å². The summed E-state index contributed by atoms with van der Waals surface area (Å²) in [6.07, 6.45) is 3.08. The average molecular weight is 469 g/mol. The summed E-state index contributed by atoms with van der Waals surface area (Å²) in [6.45, 7) is 0.717. The first-order valence-corrected chi connectivity index (χ1v) is 11.5. The Morgan fingerprint density at radius 1 is 1.23 bits per heavy atom. The van der Waals surface area contributed by atoms with Crippen LogP contribution in [0.2, 0.25) is 5.02 Å². The Kier molecular flexibility index (Phi) is 6.93. The Hall–Kier alpha value is -2.56. The number of nitrogens with one attached hydrogen (secondary N) is 1. The molecule has 2 amide bonds. The molecule has 0 saturated carbocycles. The van der Waals surface area contributed by atoms with Crippen LogP contribution in [0, 0.1) is 0 Å². The second-order valence-electron chi connectivity index (χ2n) is 7.34. The quantitative estimate of drug-likeness (QED) is 0.671. The van der Waals surface area contributed by atoms with Crippen LogP contribution in [0.15, 0.2) is 35.4 Å². The van der Waals surface area contributed by atoms with Gasteiger partial charge in [-0.1, -0.05) is 11.6 Å². The third kappa shape index (κ3) is 5.03. The van der Waals surface area contributed by atoms with E-state index in [1.165, 1.54) is 40.2 Å². The summed E-state index contributed by atoms with van der Waals surface area (Å²) < 4.78 is 33.6. The lowest BCUT2D eigenvalue weighted by Crippen LogP contribution is -2.35. The van der Waals surface area contributed by atoms with Gasteiger partial charge in [0.2, 0.25) is 15.9 Å². The molecule has 0 radical (unpaired) electrons. The second kappa shape index (κ2) is 9.29. The van der Waals surface area contributed by atoms with Gasteiger partial charge in [0.05, 0.1) is 19.3 Å². The molecule has 0 atom stereocenters. The van der Waals surface area contributed by atoms with Crippen LogP contribution in [0.1, 0.15) is 23.3 Å². The zero-order valence-electron chi connectivity index (χ0n) is 17.6. The Morgan fingerprint density at radius 3 is 2.55 bits per heavy atom. The van der Waals surface area contributed by atoms with Crippen molar-refractivity contribution < 1.29 is 22.7 Å². The molecule has 0 bridgehead atoms. The highest BCUT2D eigenvalue weighted by atomic mass is 35.5.